The molecule has 21 heavy (non-hydrogen) atoms. The second kappa shape index (κ2) is 5.47. The zero-order valence-electron chi connectivity index (χ0n) is 12.3. The first-order valence-corrected chi connectivity index (χ1v) is 7.65. The van der Waals surface area contributed by atoms with Gasteiger partial charge in [-0.25, -0.2) is 4.79 Å². The molecule has 1 saturated heterocycles. The number of urea groups is 1. The Bertz CT molecular complexity index is 546. The normalized spacial score (nSPS) is 29.0. The SMILES string of the molecule is CC1CCCC2(C1)C(=O)NC(=O)N2CCc1ccccn1. The molecule has 3 amide bonds. The van der Waals surface area contributed by atoms with Crippen LogP contribution >= 0.6 is 0 Å². The summed E-state index contributed by atoms with van der Waals surface area (Å²) in [5, 5.41) is 2.51. The number of nitrogens with zero attached hydrogens (tertiary/aromatic N) is 2. The molecule has 1 saturated carbocycles. The number of amides is 3. The van der Waals surface area contributed by atoms with Gasteiger partial charge in [0.15, 0.2) is 0 Å². The number of aromatic nitrogens is 1. The van der Waals surface area contributed by atoms with Crippen LogP contribution in [0, 0.1) is 5.92 Å². The number of nitrogens with one attached hydrogen (secondary N) is 1. The standard InChI is InChI=1S/C16H21N3O2/c1-12-5-4-8-16(11-12)14(20)18-15(21)19(16)10-7-13-6-2-3-9-17-13/h2-3,6,9,12H,4-5,7-8,10-11H2,1H3,(H,18,20,21). The van der Waals surface area contributed by atoms with Gasteiger partial charge in [0.05, 0.1) is 0 Å². The van der Waals surface area contributed by atoms with Crippen molar-refractivity contribution in [1.29, 1.82) is 0 Å². The van der Waals surface area contributed by atoms with Crippen LogP contribution in [0.25, 0.3) is 0 Å². The average Bonchev–Trinajstić information content (AvgIpc) is 2.69. The lowest BCUT2D eigenvalue weighted by Gasteiger charge is -2.40. The number of imide groups is 1. The van der Waals surface area contributed by atoms with Crippen LogP contribution in [0.15, 0.2) is 24.4 Å². The average molecular weight is 287 g/mol. The van der Waals surface area contributed by atoms with Crippen LogP contribution in [0.3, 0.4) is 0 Å². The fraction of sp³-hybridized carbons (Fsp3) is 0.562. The molecule has 5 nitrogen and oxygen atoms in total. The molecule has 1 spiro atoms. The number of carbonyl (C=O) groups is 2. The van der Waals surface area contributed by atoms with Crippen molar-refractivity contribution >= 4 is 11.9 Å². The molecule has 2 fully saturated rings. The van der Waals surface area contributed by atoms with Crippen LogP contribution in [-0.4, -0.2) is 33.9 Å². The Labute approximate surface area is 124 Å². The first-order chi connectivity index (χ1) is 10.1. The molecule has 0 aromatic carbocycles. The van der Waals surface area contributed by atoms with E-state index in [1.54, 1.807) is 11.1 Å². The maximum Gasteiger partial charge on any atom is 0.325 e. The van der Waals surface area contributed by atoms with E-state index in [4.69, 9.17) is 0 Å². The largest absolute Gasteiger partial charge is 0.325 e. The minimum atomic E-state index is -0.621. The minimum Gasteiger partial charge on any atom is -0.309 e. The highest BCUT2D eigenvalue weighted by atomic mass is 16.2. The summed E-state index contributed by atoms with van der Waals surface area (Å²) >= 11 is 0. The molecule has 0 bridgehead atoms. The molecule has 5 heteroatoms. The van der Waals surface area contributed by atoms with Crippen LogP contribution in [0.5, 0.6) is 0 Å². The van der Waals surface area contributed by atoms with Crippen molar-refractivity contribution < 1.29 is 9.59 Å². The summed E-state index contributed by atoms with van der Waals surface area (Å²) < 4.78 is 0. The summed E-state index contributed by atoms with van der Waals surface area (Å²) in [6, 6.07) is 5.52. The van der Waals surface area contributed by atoms with Crippen molar-refractivity contribution in [2.75, 3.05) is 6.54 Å². The van der Waals surface area contributed by atoms with Gasteiger partial charge in [-0.3, -0.25) is 15.1 Å². The smallest absolute Gasteiger partial charge is 0.309 e. The summed E-state index contributed by atoms with van der Waals surface area (Å²) in [5.74, 6) is 0.368. The molecule has 0 radical (unpaired) electrons. The second-order valence-corrected chi connectivity index (χ2v) is 6.22. The minimum absolute atomic E-state index is 0.111. The second-order valence-electron chi connectivity index (χ2n) is 6.22. The Morgan fingerprint density at radius 1 is 1.43 bits per heavy atom. The van der Waals surface area contributed by atoms with Gasteiger partial charge in [0, 0.05) is 24.9 Å². The summed E-state index contributed by atoms with van der Waals surface area (Å²) in [4.78, 5) is 30.5. The zero-order chi connectivity index (χ0) is 14.9. The van der Waals surface area contributed by atoms with E-state index in [0.29, 0.717) is 18.9 Å². The molecule has 2 heterocycles. The van der Waals surface area contributed by atoms with Crippen molar-refractivity contribution in [2.24, 2.45) is 5.92 Å². The van der Waals surface area contributed by atoms with Crippen LogP contribution in [0.4, 0.5) is 4.79 Å². The predicted molar refractivity (Wildman–Crippen MR) is 78.5 cm³/mol. The Hall–Kier alpha value is -1.91. The highest BCUT2D eigenvalue weighted by Crippen LogP contribution is 2.39. The highest BCUT2D eigenvalue weighted by molar-refractivity contribution is 6.07. The summed E-state index contributed by atoms with van der Waals surface area (Å²) in [6.45, 7) is 2.70. The zero-order valence-corrected chi connectivity index (χ0v) is 12.3. The van der Waals surface area contributed by atoms with Crippen molar-refractivity contribution in [3.05, 3.63) is 30.1 Å². The molecule has 1 aromatic rings. The summed E-state index contributed by atoms with van der Waals surface area (Å²) in [6.07, 6.45) is 6.11. The van der Waals surface area contributed by atoms with Gasteiger partial charge in [-0.2, -0.15) is 0 Å². The fourth-order valence-corrected chi connectivity index (χ4v) is 3.66. The number of rotatable bonds is 3. The molecule has 1 N–H and O–H groups in total. The van der Waals surface area contributed by atoms with Gasteiger partial charge in [-0.15, -0.1) is 0 Å². The van der Waals surface area contributed by atoms with Crippen LogP contribution < -0.4 is 5.32 Å². The van der Waals surface area contributed by atoms with Crippen LogP contribution in [0.2, 0.25) is 0 Å². The monoisotopic (exact) mass is 287 g/mol. The molecule has 2 unspecified atom stereocenters. The molecule has 112 valence electrons. The molecule has 1 aliphatic carbocycles. The van der Waals surface area contributed by atoms with Crippen molar-refractivity contribution in [3.8, 4) is 0 Å². The predicted octanol–water partition coefficient (Wildman–Crippen LogP) is 2.12. The third-order valence-corrected chi connectivity index (χ3v) is 4.70. The van der Waals surface area contributed by atoms with Gasteiger partial charge in [-0.05, 0) is 30.9 Å². The van der Waals surface area contributed by atoms with E-state index in [9.17, 15) is 9.59 Å². The van der Waals surface area contributed by atoms with Crippen molar-refractivity contribution in [2.45, 2.75) is 44.6 Å². The molecule has 1 aromatic heterocycles. The van der Waals surface area contributed by atoms with E-state index in [2.05, 4.69) is 17.2 Å². The van der Waals surface area contributed by atoms with E-state index in [1.807, 2.05) is 18.2 Å². The molecular weight excluding hydrogens is 266 g/mol. The van der Waals surface area contributed by atoms with E-state index in [0.717, 1.165) is 31.4 Å². The van der Waals surface area contributed by atoms with E-state index >= 15 is 0 Å². The Morgan fingerprint density at radius 2 is 2.29 bits per heavy atom. The van der Waals surface area contributed by atoms with E-state index < -0.39 is 5.54 Å². The van der Waals surface area contributed by atoms with Crippen LogP contribution in [0.1, 0.15) is 38.3 Å². The molecule has 2 aliphatic rings. The maximum absolute atomic E-state index is 12.3. The molecular formula is C16H21N3O2. The first-order valence-electron chi connectivity index (χ1n) is 7.65. The van der Waals surface area contributed by atoms with Crippen molar-refractivity contribution in [1.82, 2.24) is 15.2 Å². The number of hydrogen-bond donors (Lipinski definition) is 1. The molecule has 3 rings (SSSR count). The van der Waals surface area contributed by atoms with Gasteiger partial charge in [0.25, 0.3) is 5.91 Å². The van der Waals surface area contributed by atoms with Crippen LogP contribution in [-0.2, 0) is 11.2 Å². The topological polar surface area (TPSA) is 62.3 Å². The van der Waals surface area contributed by atoms with Gasteiger partial charge in [0.2, 0.25) is 0 Å². The Kier molecular flexibility index (Phi) is 3.66. The van der Waals surface area contributed by atoms with Gasteiger partial charge >= 0.3 is 6.03 Å². The number of hydrogen-bond acceptors (Lipinski definition) is 3. The van der Waals surface area contributed by atoms with Gasteiger partial charge < -0.3 is 4.90 Å². The maximum atomic E-state index is 12.3. The number of pyridine rings is 1. The summed E-state index contributed by atoms with van der Waals surface area (Å²) in [5.41, 5.74) is 0.326. The van der Waals surface area contributed by atoms with Gasteiger partial charge in [0.1, 0.15) is 5.54 Å². The molecule has 2 atom stereocenters. The van der Waals surface area contributed by atoms with E-state index in [1.165, 1.54) is 0 Å². The lowest BCUT2D eigenvalue weighted by molar-refractivity contribution is -0.129. The highest BCUT2D eigenvalue weighted by Gasteiger charge is 2.53. The third kappa shape index (κ3) is 2.52. The van der Waals surface area contributed by atoms with E-state index in [-0.39, 0.29) is 11.9 Å². The lowest BCUT2D eigenvalue weighted by atomic mass is 9.75. The third-order valence-electron chi connectivity index (χ3n) is 4.70. The first kappa shape index (κ1) is 14.0. The van der Waals surface area contributed by atoms with Crippen molar-refractivity contribution in [3.63, 3.8) is 0 Å². The van der Waals surface area contributed by atoms with Gasteiger partial charge in [-0.1, -0.05) is 25.8 Å². The summed E-state index contributed by atoms with van der Waals surface area (Å²) in [7, 11) is 0. The lowest BCUT2D eigenvalue weighted by Crippen LogP contribution is -2.53. The fourth-order valence-electron chi connectivity index (χ4n) is 3.66. The molecule has 1 aliphatic heterocycles. The number of carbonyl (C=O) groups excluding carboxylic acids is 2. The Balaban J connectivity index is 1.78. The Morgan fingerprint density at radius 3 is 3.00 bits per heavy atom. The quantitative estimate of drug-likeness (QED) is 0.866.